The largest absolute Gasteiger partial charge is 0.444 e. The molecule has 1 aromatic rings. The van der Waals surface area contributed by atoms with Crippen molar-refractivity contribution in [3.63, 3.8) is 0 Å². The number of nitrogens with two attached hydrogens (primary N) is 1. The van der Waals surface area contributed by atoms with Crippen LogP contribution in [0.1, 0.15) is 20.8 Å². The first-order valence-electron chi connectivity index (χ1n) is 6.42. The lowest BCUT2D eigenvalue weighted by molar-refractivity contribution is 0.0529. The zero-order chi connectivity index (χ0) is 16.1. The number of hydrogen-bond donors (Lipinski definition) is 3. The fourth-order valence-corrected chi connectivity index (χ4v) is 2.52. The molecule has 1 amide bonds. The van der Waals surface area contributed by atoms with Gasteiger partial charge in [0.25, 0.3) is 0 Å². The summed E-state index contributed by atoms with van der Waals surface area (Å²) in [5.41, 5.74) is 5.32. The Labute approximate surface area is 124 Å². The quantitative estimate of drug-likeness (QED) is 0.556. The van der Waals surface area contributed by atoms with E-state index in [1.165, 1.54) is 12.1 Å². The van der Waals surface area contributed by atoms with Crippen LogP contribution in [0.2, 0.25) is 0 Å². The van der Waals surface area contributed by atoms with Gasteiger partial charge >= 0.3 is 6.09 Å². The highest BCUT2D eigenvalue weighted by Gasteiger charge is 2.16. The first kappa shape index (κ1) is 17.3. The topological polar surface area (TPSA) is 111 Å². The molecule has 21 heavy (non-hydrogen) atoms. The van der Waals surface area contributed by atoms with E-state index in [2.05, 4.69) is 10.0 Å². The van der Waals surface area contributed by atoms with Crippen molar-refractivity contribution in [2.24, 2.45) is 0 Å². The molecule has 0 aromatic heterocycles. The summed E-state index contributed by atoms with van der Waals surface area (Å²) >= 11 is 0. The van der Waals surface area contributed by atoms with E-state index < -0.39 is 21.7 Å². The number of rotatable bonds is 5. The van der Waals surface area contributed by atoms with E-state index in [0.717, 1.165) is 0 Å². The van der Waals surface area contributed by atoms with Gasteiger partial charge in [0.2, 0.25) is 10.0 Å². The number of sulfonamides is 1. The molecular weight excluding hydrogens is 294 g/mol. The highest BCUT2D eigenvalue weighted by Crippen LogP contribution is 2.12. The van der Waals surface area contributed by atoms with Crippen molar-refractivity contribution in [2.45, 2.75) is 31.3 Å². The smallest absolute Gasteiger partial charge is 0.407 e. The SMILES string of the molecule is CC(C)(C)OC(=O)NCCNS(=O)(=O)c1cccc(N)c1. The van der Waals surface area contributed by atoms with Gasteiger partial charge in [0.05, 0.1) is 4.90 Å². The lowest BCUT2D eigenvalue weighted by Crippen LogP contribution is -2.37. The van der Waals surface area contributed by atoms with Gasteiger partial charge in [-0.05, 0) is 39.0 Å². The van der Waals surface area contributed by atoms with Crippen LogP contribution in [-0.4, -0.2) is 33.2 Å². The first-order chi connectivity index (χ1) is 9.60. The second kappa shape index (κ2) is 6.77. The third kappa shape index (κ3) is 6.46. The number of ether oxygens (including phenoxy) is 1. The van der Waals surface area contributed by atoms with E-state index >= 15 is 0 Å². The Hall–Kier alpha value is -1.80. The average Bonchev–Trinajstić information content (AvgIpc) is 2.32. The summed E-state index contributed by atoms with van der Waals surface area (Å²) in [7, 11) is -3.64. The number of hydrogen-bond acceptors (Lipinski definition) is 5. The molecule has 0 saturated heterocycles. The van der Waals surface area contributed by atoms with Crippen molar-refractivity contribution in [1.29, 1.82) is 0 Å². The molecular formula is C13H21N3O4S. The maximum atomic E-state index is 11.9. The minimum Gasteiger partial charge on any atom is -0.444 e. The van der Waals surface area contributed by atoms with Gasteiger partial charge in [-0.25, -0.2) is 17.9 Å². The molecule has 0 spiro atoms. The third-order valence-electron chi connectivity index (χ3n) is 2.25. The number of nitrogen functional groups attached to an aromatic ring is 1. The maximum Gasteiger partial charge on any atom is 0.407 e. The molecule has 0 bridgehead atoms. The molecule has 0 aliphatic heterocycles. The summed E-state index contributed by atoms with van der Waals surface area (Å²) in [5.74, 6) is 0. The summed E-state index contributed by atoms with van der Waals surface area (Å²) < 4.78 is 31.3. The Morgan fingerprint density at radius 2 is 1.95 bits per heavy atom. The molecule has 0 aliphatic carbocycles. The van der Waals surface area contributed by atoms with Crippen LogP contribution in [0.5, 0.6) is 0 Å². The highest BCUT2D eigenvalue weighted by atomic mass is 32.2. The molecule has 1 rings (SSSR count). The Kier molecular flexibility index (Phi) is 5.56. The van der Waals surface area contributed by atoms with Crippen molar-refractivity contribution >= 4 is 21.8 Å². The average molecular weight is 315 g/mol. The number of benzene rings is 1. The van der Waals surface area contributed by atoms with Gasteiger partial charge in [-0.15, -0.1) is 0 Å². The minimum atomic E-state index is -3.64. The van der Waals surface area contributed by atoms with E-state index in [1.54, 1.807) is 32.9 Å². The second-order valence-electron chi connectivity index (χ2n) is 5.40. The summed E-state index contributed by atoms with van der Waals surface area (Å²) in [4.78, 5) is 11.5. The summed E-state index contributed by atoms with van der Waals surface area (Å²) in [6, 6.07) is 5.97. The van der Waals surface area contributed by atoms with E-state index in [4.69, 9.17) is 10.5 Å². The number of nitrogens with one attached hydrogen (secondary N) is 2. The molecule has 0 saturated carbocycles. The normalized spacial score (nSPS) is 12.0. The van der Waals surface area contributed by atoms with Gasteiger partial charge in [-0.3, -0.25) is 0 Å². The molecule has 8 heteroatoms. The number of anilines is 1. The van der Waals surface area contributed by atoms with Gasteiger partial charge in [0.15, 0.2) is 0 Å². The predicted molar refractivity (Wildman–Crippen MR) is 80.3 cm³/mol. The van der Waals surface area contributed by atoms with Gasteiger partial charge in [0.1, 0.15) is 5.60 Å². The first-order valence-corrected chi connectivity index (χ1v) is 7.90. The number of amides is 1. The predicted octanol–water partition coefficient (Wildman–Crippen LogP) is 1.07. The van der Waals surface area contributed by atoms with Crippen molar-refractivity contribution < 1.29 is 17.9 Å². The molecule has 1 aromatic carbocycles. The third-order valence-corrected chi connectivity index (χ3v) is 3.71. The second-order valence-corrected chi connectivity index (χ2v) is 7.17. The fourth-order valence-electron chi connectivity index (χ4n) is 1.43. The number of carbonyl (C=O) groups excluding carboxylic acids is 1. The van der Waals surface area contributed by atoms with Gasteiger partial charge in [-0.1, -0.05) is 6.07 Å². The lowest BCUT2D eigenvalue weighted by atomic mass is 10.2. The monoisotopic (exact) mass is 315 g/mol. The van der Waals surface area contributed by atoms with Crippen LogP contribution in [-0.2, 0) is 14.8 Å². The van der Waals surface area contributed by atoms with E-state index in [1.807, 2.05) is 0 Å². The van der Waals surface area contributed by atoms with Crippen molar-refractivity contribution in [2.75, 3.05) is 18.8 Å². The van der Waals surface area contributed by atoms with Gasteiger partial charge in [0, 0.05) is 18.8 Å². The molecule has 0 unspecified atom stereocenters. The molecule has 0 atom stereocenters. The molecule has 4 N–H and O–H groups in total. The number of alkyl carbamates (subject to hydrolysis) is 1. The minimum absolute atomic E-state index is 0.0520. The Balaban J connectivity index is 2.44. The van der Waals surface area contributed by atoms with E-state index in [9.17, 15) is 13.2 Å². The molecule has 0 fully saturated rings. The van der Waals surface area contributed by atoms with Crippen LogP contribution in [0.15, 0.2) is 29.2 Å². The Bertz CT molecular complexity index is 594. The zero-order valence-corrected chi connectivity index (χ0v) is 13.2. The fraction of sp³-hybridized carbons (Fsp3) is 0.462. The summed E-state index contributed by atoms with van der Waals surface area (Å²) in [5, 5.41) is 2.46. The standard InChI is InChI=1S/C13H21N3O4S/c1-13(2,3)20-12(17)15-7-8-16-21(18,19)11-6-4-5-10(14)9-11/h4-6,9,16H,7-8,14H2,1-3H3,(H,15,17). The Morgan fingerprint density at radius 1 is 1.29 bits per heavy atom. The van der Waals surface area contributed by atoms with Crippen LogP contribution in [0.25, 0.3) is 0 Å². The van der Waals surface area contributed by atoms with Gasteiger partial charge < -0.3 is 15.8 Å². The van der Waals surface area contributed by atoms with Crippen LogP contribution < -0.4 is 15.8 Å². The van der Waals surface area contributed by atoms with Crippen LogP contribution in [0.3, 0.4) is 0 Å². The molecule has 0 heterocycles. The summed E-state index contributed by atoms with van der Waals surface area (Å²) in [6.07, 6.45) is -0.592. The summed E-state index contributed by atoms with van der Waals surface area (Å²) in [6.45, 7) is 5.41. The van der Waals surface area contributed by atoms with Crippen molar-refractivity contribution in [3.8, 4) is 0 Å². The van der Waals surface area contributed by atoms with Crippen LogP contribution in [0, 0.1) is 0 Å². The van der Waals surface area contributed by atoms with Crippen molar-refractivity contribution in [1.82, 2.24) is 10.0 Å². The molecule has 7 nitrogen and oxygen atoms in total. The highest BCUT2D eigenvalue weighted by molar-refractivity contribution is 7.89. The molecule has 0 radical (unpaired) electrons. The zero-order valence-electron chi connectivity index (χ0n) is 12.3. The maximum absolute atomic E-state index is 11.9. The van der Waals surface area contributed by atoms with Crippen LogP contribution >= 0.6 is 0 Å². The lowest BCUT2D eigenvalue weighted by Gasteiger charge is -2.19. The van der Waals surface area contributed by atoms with E-state index in [-0.39, 0.29) is 18.0 Å². The molecule has 0 aliphatic rings. The Morgan fingerprint density at radius 3 is 2.52 bits per heavy atom. The van der Waals surface area contributed by atoms with Gasteiger partial charge in [-0.2, -0.15) is 0 Å². The number of carbonyl (C=O) groups is 1. The molecule has 118 valence electrons. The van der Waals surface area contributed by atoms with E-state index in [0.29, 0.717) is 5.69 Å². The van der Waals surface area contributed by atoms with Crippen molar-refractivity contribution in [3.05, 3.63) is 24.3 Å². The van der Waals surface area contributed by atoms with Crippen LogP contribution in [0.4, 0.5) is 10.5 Å².